The van der Waals surface area contributed by atoms with Crippen LogP contribution >= 0.6 is 0 Å². The zero-order chi connectivity index (χ0) is 14.0. The van der Waals surface area contributed by atoms with Crippen LogP contribution in [-0.2, 0) is 4.79 Å². The minimum atomic E-state index is -0.686. The smallest absolute Gasteiger partial charge is 0.309 e. The predicted molar refractivity (Wildman–Crippen MR) is 71.1 cm³/mol. The van der Waals surface area contributed by atoms with Crippen LogP contribution in [0.25, 0.3) is 0 Å². The first-order valence-corrected chi connectivity index (χ1v) is 6.65. The van der Waals surface area contributed by atoms with Crippen LogP contribution in [0, 0.1) is 19.3 Å². The zero-order valence-corrected chi connectivity index (χ0v) is 11.7. The molecule has 2 rings (SSSR count). The lowest BCUT2D eigenvalue weighted by atomic mass is 9.76. The van der Waals surface area contributed by atoms with Crippen molar-refractivity contribution in [1.82, 2.24) is 15.2 Å². The second kappa shape index (κ2) is 5.11. The average Bonchev–Trinajstić information content (AvgIpc) is 2.42. The molecule has 6 nitrogen and oxygen atoms in total. The first-order valence-electron chi connectivity index (χ1n) is 6.65. The quantitative estimate of drug-likeness (QED) is 0.892. The van der Waals surface area contributed by atoms with Gasteiger partial charge in [0.2, 0.25) is 5.95 Å². The zero-order valence-electron chi connectivity index (χ0n) is 11.7. The standard InChI is InChI=1S/C13H20N4O2/c1-4-13(11(18)19)5-7-17(8-6-13)12-14-9(2)10(3)15-16-12/h4-8H2,1-3H3,(H,18,19). The fourth-order valence-electron chi connectivity index (χ4n) is 2.43. The summed E-state index contributed by atoms with van der Waals surface area (Å²) in [6.07, 6.45) is 1.94. The van der Waals surface area contributed by atoms with E-state index in [0.29, 0.717) is 38.3 Å². The topological polar surface area (TPSA) is 79.2 Å². The van der Waals surface area contributed by atoms with E-state index >= 15 is 0 Å². The van der Waals surface area contributed by atoms with E-state index in [4.69, 9.17) is 0 Å². The molecule has 0 bridgehead atoms. The molecule has 0 aliphatic carbocycles. The van der Waals surface area contributed by atoms with Crippen molar-refractivity contribution >= 4 is 11.9 Å². The van der Waals surface area contributed by atoms with Crippen molar-refractivity contribution in [2.24, 2.45) is 5.41 Å². The number of aromatic nitrogens is 3. The van der Waals surface area contributed by atoms with Crippen molar-refractivity contribution in [2.45, 2.75) is 40.0 Å². The highest BCUT2D eigenvalue weighted by Gasteiger charge is 2.40. The van der Waals surface area contributed by atoms with Gasteiger partial charge in [-0.15, -0.1) is 5.10 Å². The first-order chi connectivity index (χ1) is 8.98. The van der Waals surface area contributed by atoms with E-state index in [-0.39, 0.29) is 0 Å². The number of rotatable bonds is 3. The van der Waals surface area contributed by atoms with E-state index in [0.717, 1.165) is 11.4 Å². The molecule has 1 fully saturated rings. The van der Waals surface area contributed by atoms with Crippen LogP contribution in [0.1, 0.15) is 37.6 Å². The Morgan fingerprint density at radius 1 is 1.26 bits per heavy atom. The molecule has 1 saturated heterocycles. The first kappa shape index (κ1) is 13.7. The average molecular weight is 264 g/mol. The summed E-state index contributed by atoms with van der Waals surface area (Å²) in [7, 11) is 0. The lowest BCUT2D eigenvalue weighted by molar-refractivity contribution is -0.150. The molecule has 0 amide bonds. The van der Waals surface area contributed by atoms with Crippen molar-refractivity contribution in [2.75, 3.05) is 18.0 Å². The number of anilines is 1. The molecule has 1 aromatic heterocycles. The van der Waals surface area contributed by atoms with Gasteiger partial charge in [-0.3, -0.25) is 4.79 Å². The lowest BCUT2D eigenvalue weighted by Crippen LogP contribution is -2.44. The molecule has 0 spiro atoms. The predicted octanol–water partition coefficient (Wildman–Crippen LogP) is 1.57. The Bertz CT molecular complexity index is 482. The molecule has 19 heavy (non-hydrogen) atoms. The molecular weight excluding hydrogens is 244 g/mol. The summed E-state index contributed by atoms with van der Waals surface area (Å²) in [4.78, 5) is 17.8. The molecule has 0 aromatic carbocycles. The van der Waals surface area contributed by atoms with Crippen molar-refractivity contribution < 1.29 is 9.90 Å². The SMILES string of the molecule is CCC1(C(=O)O)CCN(c2nnc(C)c(C)n2)CC1. The molecule has 0 unspecified atom stereocenters. The van der Waals surface area contributed by atoms with Crippen LogP contribution < -0.4 is 4.90 Å². The van der Waals surface area contributed by atoms with Crippen molar-refractivity contribution in [3.8, 4) is 0 Å². The van der Waals surface area contributed by atoms with Gasteiger partial charge in [-0.05, 0) is 33.1 Å². The summed E-state index contributed by atoms with van der Waals surface area (Å²) in [5, 5.41) is 17.5. The maximum absolute atomic E-state index is 11.4. The number of piperidine rings is 1. The molecule has 0 radical (unpaired) electrons. The van der Waals surface area contributed by atoms with Gasteiger partial charge in [-0.25, -0.2) is 4.98 Å². The Hall–Kier alpha value is -1.72. The maximum atomic E-state index is 11.4. The number of carboxylic acid groups (broad SMARTS) is 1. The molecule has 104 valence electrons. The van der Waals surface area contributed by atoms with Gasteiger partial charge in [0.25, 0.3) is 0 Å². The number of aliphatic carboxylic acids is 1. The van der Waals surface area contributed by atoms with Crippen LogP contribution in [0.15, 0.2) is 0 Å². The third-order valence-corrected chi connectivity index (χ3v) is 4.21. The molecule has 2 heterocycles. The maximum Gasteiger partial charge on any atom is 0.309 e. The Balaban J connectivity index is 2.11. The van der Waals surface area contributed by atoms with E-state index in [1.807, 2.05) is 25.7 Å². The Morgan fingerprint density at radius 3 is 2.37 bits per heavy atom. The number of carbonyl (C=O) groups is 1. The molecule has 1 aromatic rings. The molecule has 1 aliphatic rings. The van der Waals surface area contributed by atoms with E-state index in [1.165, 1.54) is 0 Å². The van der Waals surface area contributed by atoms with Gasteiger partial charge < -0.3 is 10.0 Å². The number of nitrogens with zero attached hydrogens (tertiary/aromatic N) is 4. The van der Waals surface area contributed by atoms with Crippen LogP contribution in [0.4, 0.5) is 5.95 Å². The van der Waals surface area contributed by atoms with Gasteiger partial charge in [0, 0.05) is 13.1 Å². The third kappa shape index (κ3) is 2.52. The summed E-state index contributed by atoms with van der Waals surface area (Å²) < 4.78 is 0. The monoisotopic (exact) mass is 264 g/mol. The van der Waals surface area contributed by atoms with Crippen molar-refractivity contribution in [1.29, 1.82) is 0 Å². The highest BCUT2D eigenvalue weighted by molar-refractivity contribution is 5.75. The van der Waals surface area contributed by atoms with Crippen LogP contribution in [0.3, 0.4) is 0 Å². The van der Waals surface area contributed by atoms with Gasteiger partial charge >= 0.3 is 5.97 Å². The number of hydrogen-bond donors (Lipinski definition) is 1. The second-order valence-corrected chi connectivity index (χ2v) is 5.21. The fraction of sp³-hybridized carbons (Fsp3) is 0.692. The highest BCUT2D eigenvalue weighted by Crippen LogP contribution is 2.35. The fourth-order valence-corrected chi connectivity index (χ4v) is 2.43. The van der Waals surface area contributed by atoms with Gasteiger partial charge in [-0.1, -0.05) is 6.92 Å². The number of aryl methyl sites for hydroxylation is 2. The summed E-state index contributed by atoms with van der Waals surface area (Å²) in [5.74, 6) is -0.0769. The van der Waals surface area contributed by atoms with Gasteiger partial charge in [-0.2, -0.15) is 5.10 Å². The van der Waals surface area contributed by atoms with Crippen LogP contribution in [-0.4, -0.2) is 39.3 Å². The minimum absolute atomic E-state index is 0.580. The van der Waals surface area contributed by atoms with Crippen LogP contribution in [0.5, 0.6) is 0 Å². The normalized spacial score (nSPS) is 18.4. The Kier molecular flexibility index (Phi) is 3.68. The van der Waals surface area contributed by atoms with Gasteiger partial charge in [0.05, 0.1) is 16.8 Å². The second-order valence-electron chi connectivity index (χ2n) is 5.21. The van der Waals surface area contributed by atoms with Crippen molar-refractivity contribution in [3.05, 3.63) is 11.4 Å². The third-order valence-electron chi connectivity index (χ3n) is 4.21. The van der Waals surface area contributed by atoms with E-state index in [1.54, 1.807) is 0 Å². The molecule has 1 N–H and O–H groups in total. The largest absolute Gasteiger partial charge is 0.481 e. The highest BCUT2D eigenvalue weighted by atomic mass is 16.4. The summed E-state index contributed by atoms with van der Waals surface area (Å²) in [6.45, 7) is 7.07. The Morgan fingerprint density at radius 2 is 1.89 bits per heavy atom. The summed E-state index contributed by atoms with van der Waals surface area (Å²) in [5.41, 5.74) is 1.12. The van der Waals surface area contributed by atoms with E-state index in [9.17, 15) is 9.90 Å². The molecule has 0 saturated carbocycles. The summed E-state index contributed by atoms with van der Waals surface area (Å²) >= 11 is 0. The number of hydrogen-bond acceptors (Lipinski definition) is 5. The van der Waals surface area contributed by atoms with Crippen LogP contribution in [0.2, 0.25) is 0 Å². The molecule has 6 heteroatoms. The minimum Gasteiger partial charge on any atom is -0.481 e. The van der Waals surface area contributed by atoms with E-state index in [2.05, 4.69) is 15.2 Å². The Labute approximate surface area is 112 Å². The lowest BCUT2D eigenvalue weighted by Gasteiger charge is -2.38. The van der Waals surface area contributed by atoms with E-state index < -0.39 is 11.4 Å². The van der Waals surface area contributed by atoms with Gasteiger partial charge in [0.15, 0.2) is 0 Å². The molecule has 1 aliphatic heterocycles. The molecular formula is C13H20N4O2. The van der Waals surface area contributed by atoms with Gasteiger partial charge in [0.1, 0.15) is 0 Å². The number of carboxylic acids is 1. The summed E-state index contributed by atoms with van der Waals surface area (Å²) in [6, 6.07) is 0. The van der Waals surface area contributed by atoms with Crippen molar-refractivity contribution in [3.63, 3.8) is 0 Å². The molecule has 0 atom stereocenters.